The third-order valence-corrected chi connectivity index (χ3v) is 5.90. The normalized spacial score (nSPS) is 19.9. The Morgan fingerprint density at radius 1 is 0.964 bits per heavy atom. The van der Waals surface area contributed by atoms with E-state index in [9.17, 15) is 0 Å². The minimum absolute atomic E-state index is 0.327. The Labute approximate surface area is 165 Å². The van der Waals surface area contributed by atoms with Gasteiger partial charge in [-0.25, -0.2) is 9.97 Å². The molecule has 7 nitrogen and oxygen atoms in total. The number of anilines is 2. The number of ether oxygens (including phenoxy) is 2. The monoisotopic (exact) mass is 381 g/mol. The van der Waals surface area contributed by atoms with Crippen LogP contribution in [0.3, 0.4) is 0 Å². The highest BCUT2D eigenvalue weighted by molar-refractivity contribution is 5.49. The minimum atomic E-state index is 0.327. The van der Waals surface area contributed by atoms with Gasteiger partial charge < -0.3 is 19.7 Å². The molecule has 0 spiro atoms. The van der Waals surface area contributed by atoms with E-state index in [1.54, 1.807) is 6.33 Å². The van der Waals surface area contributed by atoms with Crippen molar-refractivity contribution in [3.05, 3.63) is 36.2 Å². The predicted molar refractivity (Wildman–Crippen MR) is 108 cm³/mol. The van der Waals surface area contributed by atoms with Crippen molar-refractivity contribution < 1.29 is 9.47 Å². The molecule has 5 rings (SSSR count). The highest BCUT2D eigenvalue weighted by atomic mass is 16.7. The van der Waals surface area contributed by atoms with E-state index in [1.807, 2.05) is 6.07 Å². The molecule has 0 radical (unpaired) electrons. The summed E-state index contributed by atoms with van der Waals surface area (Å²) in [7, 11) is 0. The lowest BCUT2D eigenvalue weighted by atomic mass is 10.1. The molecule has 1 saturated heterocycles. The summed E-state index contributed by atoms with van der Waals surface area (Å²) in [5.74, 6) is 3.69. The van der Waals surface area contributed by atoms with E-state index in [0.29, 0.717) is 12.8 Å². The maximum Gasteiger partial charge on any atom is 0.231 e. The van der Waals surface area contributed by atoms with E-state index in [2.05, 4.69) is 43.3 Å². The number of nitrogens with one attached hydrogen (secondary N) is 1. The summed E-state index contributed by atoms with van der Waals surface area (Å²) < 4.78 is 10.9. The van der Waals surface area contributed by atoms with E-state index >= 15 is 0 Å². The van der Waals surface area contributed by atoms with Crippen molar-refractivity contribution in [2.75, 3.05) is 43.2 Å². The van der Waals surface area contributed by atoms with Crippen LogP contribution in [0.2, 0.25) is 0 Å². The van der Waals surface area contributed by atoms with Gasteiger partial charge in [0.15, 0.2) is 11.5 Å². The van der Waals surface area contributed by atoms with E-state index in [1.165, 1.54) is 31.2 Å². The Morgan fingerprint density at radius 2 is 1.79 bits per heavy atom. The molecule has 2 aliphatic heterocycles. The summed E-state index contributed by atoms with van der Waals surface area (Å²) in [6.45, 7) is 5.25. The molecule has 0 amide bonds. The van der Waals surface area contributed by atoms with Crippen molar-refractivity contribution in [3.63, 3.8) is 0 Å². The Kier molecular flexibility index (Phi) is 4.91. The Hall–Kier alpha value is -2.54. The summed E-state index contributed by atoms with van der Waals surface area (Å²) in [5, 5.41) is 3.57. The van der Waals surface area contributed by atoms with E-state index in [4.69, 9.17) is 9.47 Å². The number of aromatic nitrogens is 2. The molecule has 1 aromatic heterocycles. The summed E-state index contributed by atoms with van der Waals surface area (Å²) in [5.41, 5.74) is 1.27. The fourth-order valence-corrected chi connectivity index (χ4v) is 4.31. The zero-order valence-corrected chi connectivity index (χ0v) is 16.1. The lowest BCUT2D eigenvalue weighted by Gasteiger charge is -2.35. The maximum atomic E-state index is 5.49. The van der Waals surface area contributed by atoms with Crippen molar-refractivity contribution >= 4 is 11.6 Å². The van der Waals surface area contributed by atoms with Gasteiger partial charge in [0, 0.05) is 44.8 Å². The van der Waals surface area contributed by atoms with Crippen molar-refractivity contribution in [2.45, 2.75) is 38.3 Å². The van der Waals surface area contributed by atoms with Crippen LogP contribution in [0.15, 0.2) is 30.6 Å². The van der Waals surface area contributed by atoms with Crippen LogP contribution < -0.4 is 19.7 Å². The molecule has 2 aromatic rings. The van der Waals surface area contributed by atoms with Gasteiger partial charge in [-0.15, -0.1) is 0 Å². The summed E-state index contributed by atoms with van der Waals surface area (Å²) in [4.78, 5) is 13.8. The van der Waals surface area contributed by atoms with Crippen LogP contribution in [0.25, 0.3) is 0 Å². The van der Waals surface area contributed by atoms with Gasteiger partial charge in [0.1, 0.15) is 18.0 Å². The third-order valence-electron chi connectivity index (χ3n) is 5.90. The molecule has 1 saturated carbocycles. The molecule has 28 heavy (non-hydrogen) atoms. The highest BCUT2D eigenvalue weighted by Crippen LogP contribution is 2.33. The SMILES string of the molecule is c1nc(NC2CCCC2)cc(N2CCN(Cc3ccc4c(c3)OCO4)CC2)n1. The van der Waals surface area contributed by atoms with Gasteiger partial charge in [-0.3, -0.25) is 4.90 Å². The minimum Gasteiger partial charge on any atom is -0.454 e. The average molecular weight is 381 g/mol. The summed E-state index contributed by atoms with van der Waals surface area (Å²) >= 11 is 0. The maximum absolute atomic E-state index is 5.49. The van der Waals surface area contributed by atoms with Gasteiger partial charge in [-0.2, -0.15) is 0 Å². The zero-order chi connectivity index (χ0) is 18.8. The van der Waals surface area contributed by atoms with Gasteiger partial charge in [-0.05, 0) is 30.5 Å². The first kappa shape index (κ1) is 17.6. The predicted octanol–water partition coefficient (Wildman–Crippen LogP) is 2.88. The van der Waals surface area contributed by atoms with Gasteiger partial charge in [-0.1, -0.05) is 18.9 Å². The number of piperazine rings is 1. The quantitative estimate of drug-likeness (QED) is 0.854. The molecule has 0 unspecified atom stereocenters. The lowest BCUT2D eigenvalue weighted by Crippen LogP contribution is -2.46. The molecule has 1 aliphatic carbocycles. The van der Waals surface area contributed by atoms with Crippen molar-refractivity contribution in [3.8, 4) is 11.5 Å². The second kappa shape index (κ2) is 7.83. The number of hydrogen-bond acceptors (Lipinski definition) is 7. The van der Waals surface area contributed by atoms with E-state index < -0.39 is 0 Å². The molecule has 7 heteroatoms. The van der Waals surface area contributed by atoms with Gasteiger partial charge >= 0.3 is 0 Å². The van der Waals surface area contributed by atoms with Crippen molar-refractivity contribution in [1.29, 1.82) is 0 Å². The van der Waals surface area contributed by atoms with Crippen molar-refractivity contribution in [2.24, 2.45) is 0 Å². The molecule has 2 fully saturated rings. The van der Waals surface area contributed by atoms with Crippen LogP contribution in [0.4, 0.5) is 11.6 Å². The molecule has 0 atom stereocenters. The number of rotatable bonds is 5. The fraction of sp³-hybridized carbons (Fsp3) is 0.524. The van der Waals surface area contributed by atoms with Crippen molar-refractivity contribution in [1.82, 2.24) is 14.9 Å². The number of nitrogens with zero attached hydrogens (tertiary/aromatic N) is 4. The van der Waals surface area contributed by atoms with Crippen LogP contribution in [-0.2, 0) is 6.54 Å². The molecule has 3 heterocycles. The first-order valence-electron chi connectivity index (χ1n) is 10.3. The molecule has 1 N–H and O–H groups in total. The Morgan fingerprint density at radius 3 is 2.64 bits per heavy atom. The van der Waals surface area contributed by atoms with E-state index in [0.717, 1.165) is 55.9 Å². The van der Waals surface area contributed by atoms with E-state index in [-0.39, 0.29) is 0 Å². The Bertz CT molecular complexity index is 816. The van der Waals surface area contributed by atoms with Crippen LogP contribution in [0, 0.1) is 0 Å². The summed E-state index contributed by atoms with van der Waals surface area (Å²) in [6, 6.07) is 8.91. The second-order valence-corrected chi connectivity index (χ2v) is 7.84. The van der Waals surface area contributed by atoms with Gasteiger partial charge in [0.05, 0.1) is 0 Å². The highest BCUT2D eigenvalue weighted by Gasteiger charge is 2.21. The average Bonchev–Trinajstić information content (AvgIpc) is 3.40. The molecule has 3 aliphatic rings. The first-order valence-corrected chi connectivity index (χ1v) is 10.3. The number of benzene rings is 1. The largest absolute Gasteiger partial charge is 0.454 e. The molecular weight excluding hydrogens is 354 g/mol. The smallest absolute Gasteiger partial charge is 0.231 e. The standard InChI is InChI=1S/C21H27N5O2/c1-2-4-17(3-1)24-20-12-21(23-14-22-20)26-9-7-25(8-10-26)13-16-5-6-18-19(11-16)28-15-27-18/h5-6,11-12,14,17H,1-4,7-10,13,15H2,(H,22,23,24). The number of hydrogen-bond donors (Lipinski definition) is 1. The topological polar surface area (TPSA) is 62.8 Å². The first-order chi connectivity index (χ1) is 13.8. The molecule has 148 valence electrons. The second-order valence-electron chi connectivity index (χ2n) is 7.84. The third kappa shape index (κ3) is 3.85. The van der Waals surface area contributed by atoms with Gasteiger partial charge in [0.25, 0.3) is 0 Å². The molecular formula is C21H27N5O2. The zero-order valence-electron chi connectivity index (χ0n) is 16.1. The van der Waals surface area contributed by atoms with Crippen LogP contribution in [0.5, 0.6) is 11.5 Å². The van der Waals surface area contributed by atoms with Crippen LogP contribution in [-0.4, -0.2) is 53.9 Å². The number of fused-ring (bicyclic) bond motifs is 1. The van der Waals surface area contributed by atoms with Gasteiger partial charge in [0.2, 0.25) is 6.79 Å². The van der Waals surface area contributed by atoms with Crippen LogP contribution >= 0.6 is 0 Å². The summed E-state index contributed by atoms with van der Waals surface area (Å²) in [6.07, 6.45) is 6.82. The molecule has 1 aromatic carbocycles. The fourth-order valence-electron chi connectivity index (χ4n) is 4.31. The van der Waals surface area contributed by atoms with Crippen LogP contribution in [0.1, 0.15) is 31.2 Å². The lowest BCUT2D eigenvalue weighted by molar-refractivity contribution is 0.174. The molecule has 0 bridgehead atoms. The Balaban J connectivity index is 1.17.